The molecule has 0 aliphatic carbocycles. The summed E-state index contributed by atoms with van der Waals surface area (Å²) in [6.45, 7) is 4.87. The predicted octanol–water partition coefficient (Wildman–Crippen LogP) is 3.60. The first-order chi connectivity index (χ1) is 15.9. The molecule has 4 aromatic rings. The van der Waals surface area contributed by atoms with Crippen molar-refractivity contribution in [1.29, 1.82) is 0 Å². The van der Waals surface area contributed by atoms with Crippen LogP contribution in [0.1, 0.15) is 35.6 Å². The van der Waals surface area contributed by atoms with E-state index in [1.54, 1.807) is 34.0 Å². The molecule has 0 aliphatic rings. The minimum absolute atomic E-state index is 0.180. The van der Waals surface area contributed by atoms with Gasteiger partial charge in [-0.25, -0.2) is 4.98 Å². The SMILES string of the molecule is Cc1ccc([C@H](C)CN[C@H](C(=O)Nc2ccc(-c3cnn(C)c3)cn2)c2cnn(C)c2)cc1. The highest BCUT2D eigenvalue weighted by atomic mass is 16.2. The summed E-state index contributed by atoms with van der Waals surface area (Å²) in [7, 11) is 3.71. The molecular weight excluding hydrogens is 414 g/mol. The largest absolute Gasteiger partial charge is 0.309 e. The Kier molecular flexibility index (Phi) is 6.65. The highest BCUT2D eigenvalue weighted by Gasteiger charge is 2.23. The van der Waals surface area contributed by atoms with Crippen molar-refractivity contribution in [2.24, 2.45) is 14.1 Å². The van der Waals surface area contributed by atoms with Crippen LogP contribution in [0.5, 0.6) is 0 Å². The van der Waals surface area contributed by atoms with Gasteiger partial charge < -0.3 is 10.6 Å². The number of pyridine rings is 1. The summed E-state index contributed by atoms with van der Waals surface area (Å²) in [5, 5.41) is 14.8. The molecule has 2 atom stereocenters. The van der Waals surface area contributed by atoms with E-state index in [9.17, 15) is 4.79 Å². The molecule has 0 saturated heterocycles. The first-order valence-electron chi connectivity index (χ1n) is 10.9. The van der Waals surface area contributed by atoms with Crippen molar-refractivity contribution in [2.75, 3.05) is 11.9 Å². The van der Waals surface area contributed by atoms with E-state index in [-0.39, 0.29) is 11.8 Å². The van der Waals surface area contributed by atoms with Gasteiger partial charge in [0.25, 0.3) is 0 Å². The summed E-state index contributed by atoms with van der Waals surface area (Å²) in [5.41, 5.74) is 5.18. The molecule has 0 fully saturated rings. The molecule has 0 aliphatic heterocycles. The van der Waals surface area contributed by atoms with Crippen LogP contribution < -0.4 is 10.6 Å². The standard InChI is InChI=1S/C25H29N7O/c1-17-5-7-19(8-6-17)18(2)11-27-24(22-14-29-32(4)16-22)25(33)30-23-10-9-20(12-26-23)21-13-28-31(3)15-21/h5-10,12-16,18,24,27H,11H2,1-4H3,(H,26,30,33)/t18-,24+/m1/s1. The number of anilines is 1. The minimum atomic E-state index is -0.550. The Morgan fingerprint density at radius 3 is 2.24 bits per heavy atom. The van der Waals surface area contributed by atoms with Gasteiger partial charge in [0.2, 0.25) is 5.91 Å². The Morgan fingerprint density at radius 1 is 0.909 bits per heavy atom. The molecule has 0 saturated carbocycles. The normalized spacial score (nSPS) is 13.0. The lowest BCUT2D eigenvalue weighted by molar-refractivity contribution is -0.118. The van der Waals surface area contributed by atoms with Crippen molar-refractivity contribution < 1.29 is 4.79 Å². The van der Waals surface area contributed by atoms with Gasteiger partial charge in [0.15, 0.2) is 0 Å². The van der Waals surface area contributed by atoms with E-state index in [0.29, 0.717) is 12.4 Å². The van der Waals surface area contributed by atoms with Crippen LogP contribution in [0.3, 0.4) is 0 Å². The molecule has 3 heterocycles. The zero-order valence-electron chi connectivity index (χ0n) is 19.4. The van der Waals surface area contributed by atoms with Crippen molar-refractivity contribution in [2.45, 2.75) is 25.8 Å². The lowest BCUT2D eigenvalue weighted by Gasteiger charge is -2.20. The molecule has 8 nitrogen and oxygen atoms in total. The van der Waals surface area contributed by atoms with Crippen LogP contribution in [0.15, 0.2) is 67.4 Å². The summed E-state index contributed by atoms with van der Waals surface area (Å²) in [6, 6.07) is 11.7. The molecule has 1 amide bonds. The smallest absolute Gasteiger partial charge is 0.247 e. The lowest BCUT2D eigenvalue weighted by Crippen LogP contribution is -2.35. The van der Waals surface area contributed by atoms with Gasteiger partial charge in [-0.3, -0.25) is 14.2 Å². The molecule has 0 bridgehead atoms. The van der Waals surface area contributed by atoms with Gasteiger partial charge in [-0.1, -0.05) is 36.8 Å². The maximum atomic E-state index is 13.2. The number of aromatic nitrogens is 5. The Labute approximate surface area is 193 Å². The second kappa shape index (κ2) is 9.79. The monoisotopic (exact) mass is 443 g/mol. The van der Waals surface area contributed by atoms with Crippen LogP contribution in [-0.2, 0) is 18.9 Å². The highest BCUT2D eigenvalue weighted by Crippen LogP contribution is 2.21. The van der Waals surface area contributed by atoms with E-state index in [1.807, 2.05) is 32.6 Å². The third-order valence-electron chi connectivity index (χ3n) is 5.65. The molecule has 0 unspecified atom stereocenters. The average molecular weight is 444 g/mol. The van der Waals surface area contributed by atoms with Gasteiger partial charge in [0, 0.05) is 55.9 Å². The number of rotatable bonds is 8. The Balaban J connectivity index is 1.46. The summed E-state index contributed by atoms with van der Waals surface area (Å²) < 4.78 is 3.44. The van der Waals surface area contributed by atoms with Crippen molar-refractivity contribution in [3.63, 3.8) is 0 Å². The predicted molar refractivity (Wildman–Crippen MR) is 129 cm³/mol. The van der Waals surface area contributed by atoms with Crippen LogP contribution >= 0.6 is 0 Å². The van der Waals surface area contributed by atoms with E-state index in [2.05, 4.69) is 63.9 Å². The maximum absolute atomic E-state index is 13.2. The number of amides is 1. The molecule has 170 valence electrons. The van der Waals surface area contributed by atoms with E-state index in [0.717, 1.165) is 16.7 Å². The van der Waals surface area contributed by atoms with Crippen LogP contribution in [0.4, 0.5) is 5.82 Å². The van der Waals surface area contributed by atoms with Crippen LogP contribution in [-0.4, -0.2) is 37.0 Å². The second-order valence-electron chi connectivity index (χ2n) is 8.42. The molecule has 0 radical (unpaired) electrons. The highest BCUT2D eigenvalue weighted by molar-refractivity contribution is 5.94. The summed E-state index contributed by atoms with van der Waals surface area (Å²) in [4.78, 5) is 17.6. The molecule has 1 aromatic carbocycles. The summed E-state index contributed by atoms with van der Waals surface area (Å²) in [6.07, 6.45) is 9.01. The third kappa shape index (κ3) is 5.53. The molecular formula is C25H29N7O. The molecule has 3 aromatic heterocycles. The van der Waals surface area contributed by atoms with Crippen molar-refractivity contribution in [3.05, 3.63) is 84.1 Å². The number of nitrogens with one attached hydrogen (secondary N) is 2. The fraction of sp³-hybridized carbons (Fsp3) is 0.280. The number of hydrogen-bond acceptors (Lipinski definition) is 5. The van der Waals surface area contributed by atoms with E-state index in [1.165, 1.54) is 11.1 Å². The van der Waals surface area contributed by atoms with Crippen molar-refractivity contribution in [1.82, 2.24) is 29.9 Å². The van der Waals surface area contributed by atoms with E-state index < -0.39 is 6.04 Å². The van der Waals surface area contributed by atoms with Crippen LogP contribution in [0, 0.1) is 6.92 Å². The summed E-state index contributed by atoms with van der Waals surface area (Å²) in [5.74, 6) is 0.560. The third-order valence-corrected chi connectivity index (χ3v) is 5.65. The Bertz CT molecular complexity index is 1210. The number of aryl methyl sites for hydroxylation is 3. The minimum Gasteiger partial charge on any atom is -0.309 e. The van der Waals surface area contributed by atoms with Crippen molar-refractivity contribution in [3.8, 4) is 11.1 Å². The Hall–Kier alpha value is -3.78. The lowest BCUT2D eigenvalue weighted by atomic mass is 9.99. The first kappa shape index (κ1) is 22.4. The van der Waals surface area contributed by atoms with Gasteiger partial charge in [-0.2, -0.15) is 10.2 Å². The van der Waals surface area contributed by atoms with Gasteiger partial charge >= 0.3 is 0 Å². The molecule has 8 heteroatoms. The van der Waals surface area contributed by atoms with E-state index in [4.69, 9.17) is 0 Å². The number of carbonyl (C=O) groups is 1. The van der Waals surface area contributed by atoms with Crippen LogP contribution in [0.2, 0.25) is 0 Å². The first-order valence-corrected chi connectivity index (χ1v) is 10.9. The van der Waals surface area contributed by atoms with Gasteiger partial charge in [0.1, 0.15) is 11.9 Å². The number of benzene rings is 1. The zero-order chi connectivity index (χ0) is 23.4. The fourth-order valence-corrected chi connectivity index (χ4v) is 3.67. The molecule has 33 heavy (non-hydrogen) atoms. The van der Waals surface area contributed by atoms with Gasteiger partial charge in [-0.15, -0.1) is 0 Å². The van der Waals surface area contributed by atoms with Crippen molar-refractivity contribution >= 4 is 11.7 Å². The maximum Gasteiger partial charge on any atom is 0.247 e. The second-order valence-corrected chi connectivity index (χ2v) is 8.42. The summed E-state index contributed by atoms with van der Waals surface area (Å²) >= 11 is 0. The zero-order valence-corrected chi connectivity index (χ0v) is 19.4. The molecule has 4 rings (SSSR count). The van der Waals surface area contributed by atoms with E-state index >= 15 is 0 Å². The number of nitrogens with zero attached hydrogens (tertiary/aromatic N) is 5. The quantitative estimate of drug-likeness (QED) is 0.434. The van der Waals surface area contributed by atoms with Crippen LogP contribution in [0.25, 0.3) is 11.1 Å². The van der Waals surface area contributed by atoms with Gasteiger partial charge in [-0.05, 0) is 30.5 Å². The molecule has 2 N–H and O–H groups in total. The average Bonchev–Trinajstić information content (AvgIpc) is 3.43. The number of hydrogen-bond donors (Lipinski definition) is 2. The molecule has 0 spiro atoms. The number of carbonyl (C=O) groups excluding carboxylic acids is 1. The fourth-order valence-electron chi connectivity index (χ4n) is 3.67. The Morgan fingerprint density at radius 2 is 1.64 bits per heavy atom. The van der Waals surface area contributed by atoms with Gasteiger partial charge in [0.05, 0.1) is 12.4 Å². The topological polar surface area (TPSA) is 89.7 Å².